The molecule has 0 N–H and O–H groups in total. The van der Waals surface area contributed by atoms with E-state index < -0.39 is 0 Å². The van der Waals surface area contributed by atoms with Gasteiger partial charge in [0, 0.05) is 0 Å². The van der Waals surface area contributed by atoms with Gasteiger partial charge in [-0.25, -0.2) is 4.79 Å². The lowest BCUT2D eigenvalue weighted by atomic mass is 9.89. The Balaban J connectivity index is 1.76. The van der Waals surface area contributed by atoms with E-state index in [-0.39, 0.29) is 5.54 Å². The summed E-state index contributed by atoms with van der Waals surface area (Å²) < 4.78 is 5.98. The van der Waals surface area contributed by atoms with E-state index in [0.29, 0.717) is 6.10 Å². The number of hydrogen-bond donors (Lipinski definition) is 0. The number of aliphatic imine (C=N–C) groups is 1. The fourth-order valence-electron chi connectivity index (χ4n) is 3.55. The molecular formula is C17H21NO2. The molecule has 0 bridgehead atoms. The second-order valence-electron chi connectivity index (χ2n) is 5.99. The van der Waals surface area contributed by atoms with Crippen molar-refractivity contribution in [1.29, 1.82) is 0 Å². The second-order valence-corrected chi connectivity index (χ2v) is 5.99. The molecule has 106 valence electrons. The molecule has 2 aliphatic rings. The Hall–Kier alpha value is -1.60. The van der Waals surface area contributed by atoms with E-state index in [2.05, 4.69) is 17.1 Å². The lowest BCUT2D eigenvalue weighted by Crippen LogP contribution is -2.18. The normalized spacial score (nSPS) is 21.6. The first kappa shape index (κ1) is 13.4. The fourth-order valence-corrected chi connectivity index (χ4v) is 3.55. The van der Waals surface area contributed by atoms with Crippen molar-refractivity contribution < 1.29 is 9.53 Å². The Morgan fingerprint density at radius 2 is 1.70 bits per heavy atom. The highest BCUT2D eigenvalue weighted by Gasteiger charge is 2.35. The summed E-state index contributed by atoms with van der Waals surface area (Å²) in [7, 11) is 0. The molecular weight excluding hydrogens is 250 g/mol. The summed E-state index contributed by atoms with van der Waals surface area (Å²) in [6.07, 6.45) is 11.2. The van der Waals surface area contributed by atoms with Gasteiger partial charge in [-0.05, 0) is 56.2 Å². The first-order valence-corrected chi connectivity index (χ1v) is 7.69. The molecule has 0 aliphatic heterocycles. The predicted octanol–water partition coefficient (Wildman–Crippen LogP) is 4.11. The number of hydrogen-bond acceptors (Lipinski definition) is 3. The number of ether oxygens (including phenoxy) is 1. The number of isocyanates is 1. The number of nitrogens with zero attached hydrogens (tertiary/aromatic N) is 1. The molecule has 0 aromatic heterocycles. The molecule has 0 atom stereocenters. The molecule has 2 aliphatic carbocycles. The van der Waals surface area contributed by atoms with Gasteiger partial charge in [-0.1, -0.05) is 25.0 Å². The maximum absolute atomic E-state index is 10.7. The molecule has 0 amide bonds. The molecule has 1 aromatic carbocycles. The zero-order valence-corrected chi connectivity index (χ0v) is 11.8. The van der Waals surface area contributed by atoms with Crippen LogP contribution in [0.15, 0.2) is 29.3 Å². The summed E-state index contributed by atoms with van der Waals surface area (Å²) in [5.41, 5.74) is 0.797. The Labute approximate surface area is 120 Å². The second kappa shape index (κ2) is 5.80. The van der Waals surface area contributed by atoms with E-state index in [9.17, 15) is 4.79 Å². The van der Waals surface area contributed by atoms with Crippen LogP contribution in [-0.2, 0) is 10.3 Å². The van der Waals surface area contributed by atoms with Crippen LogP contribution in [-0.4, -0.2) is 12.2 Å². The highest BCUT2D eigenvalue weighted by atomic mass is 16.5. The monoisotopic (exact) mass is 271 g/mol. The van der Waals surface area contributed by atoms with Crippen LogP contribution in [0.4, 0.5) is 0 Å². The van der Waals surface area contributed by atoms with E-state index in [1.807, 2.05) is 12.1 Å². The van der Waals surface area contributed by atoms with Crippen LogP contribution in [0.25, 0.3) is 0 Å². The van der Waals surface area contributed by atoms with Gasteiger partial charge in [0.2, 0.25) is 6.08 Å². The van der Waals surface area contributed by atoms with Gasteiger partial charge in [0.05, 0.1) is 11.6 Å². The summed E-state index contributed by atoms with van der Waals surface area (Å²) >= 11 is 0. The third-order valence-corrected chi connectivity index (χ3v) is 4.69. The molecule has 20 heavy (non-hydrogen) atoms. The molecule has 2 fully saturated rings. The van der Waals surface area contributed by atoms with E-state index in [0.717, 1.165) is 37.0 Å². The van der Waals surface area contributed by atoms with Crippen LogP contribution in [0, 0.1) is 0 Å². The summed E-state index contributed by atoms with van der Waals surface area (Å²) in [5.74, 6) is 0.934. The van der Waals surface area contributed by atoms with Gasteiger partial charge in [-0.15, -0.1) is 0 Å². The number of rotatable bonds is 4. The van der Waals surface area contributed by atoms with E-state index in [1.165, 1.54) is 25.7 Å². The van der Waals surface area contributed by atoms with Gasteiger partial charge >= 0.3 is 0 Å². The van der Waals surface area contributed by atoms with Crippen molar-refractivity contribution in [2.75, 3.05) is 0 Å². The minimum Gasteiger partial charge on any atom is -0.490 e. The summed E-state index contributed by atoms with van der Waals surface area (Å²) in [5, 5.41) is 0. The van der Waals surface area contributed by atoms with E-state index in [4.69, 9.17) is 4.74 Å². The van der Waals surface area contributed by atoms with Crippen molar-refractivity contribution in [3.05, 3.63) is 29.8 Å². The zero-order valence-electron chi connectivity index (χ0n) is 11.8. The highest BCUT2D eigenvalue weighted by Crippen LogP contribution is 2.42. The Kier molecular flexibility index (Phi) is 3.88. The first-order chi connectivity index (χ1) is 9.82. The minimum atomic E-state index is -0.326. The zero-order chi connectivity index (χ0) is 13.8. The topological polar surface area (TPSA) is 38.7 Å². The molecule has 1 aromatic rings. The van der Waals surface area contributed by atoms with Crippen molar-refractivity contribution in [2.45, 2.75) is 63.0 Å². The quantitative estimate of drug-likeness (QED) is 0.610. The Morgan fingerprint density at radius 1 is 1.05 bits per heavy atom. The molecule has 3 rings (SSSR count). The van der Waals surface area contributed by atoms with Gasteiger partial charge in [0.1, 0.15) is 5.75 Å². The maximum atomic E-state index is 10.7. The molecule has 2 saturated carbocycles. The van der Waals surface area contributed by atoms with Crippen molar-refractivity contribution in [3.63, 3.8) is 0 Å². The van der Waals surface area contributed by atoms with Crippen LogP contribution in [0.2, 0.25) is 0 Å². The third-order valence-electron chi connectivity index (χ3n) is 4.69. The smallest absolute Gasteiger partial charge is 0.235 e. The summed E-state index contributed by atoms with van der Waals surface area (Å²) in [6, 6.07) is 8.18. The molecule has 0 radical (unpaired) electrons. The fraction of sp³-hybridized carbons (Fsp3) is 0.588. The van der Waals surface area contributed by atoms with Gasteiger partial charge in [0.15, 0.2) is 0 Å². The molecule has 3 heteroatoms. The third kappa shape index (κ3) is 2.64. The molecule has 0 spiro atoms. The van der Waals surface area contributed by atoms with Gasteiger partial charge < -0.3 is 4.74 Å². The molecule has 0 heterocycles. The van der Waals surface area contributed by atoms with Crippen molar-refractivity contribution in [3.8, 4) is 5.75 Å². The van der Waals surface area contributed by atoms with Crippen molar-refractivity contribution in [2.24, 2.45) is 4.99 Å². The minimum absolute atomic E-state index is 0.326. The average molecular weight is 271 g/mol. The van der Waals surface area contributed by atoms with Crippen LogP contribution >= 0.6 is 0 Å². The van der Waals surface area contributed by atoms with Gasteiger partial charge in [-0.2, -0.15) is 4.99 Å². The summed E-state index contributed by atoms with van der Waals surface area (Å²) in [6.45, 7) is 0. The van der Waals surface area contributed by atoms with Crippen LogP contribution in [0.1, 0.15) is 56.9 Å². The van der Waals surface area contributed by atoms with Crippen LogP contribution in [0.5, 0.6) is 5.75 Å². The maximum Gasteiger partial charge on any atom is 0.235 e. The number of benzene rings is 1. The van der Waals surface area contributed by atoms with Crippen LogP contribution < -0.4 is 4.74 Å². The molecule has 0 saturated heterocycles. The lowest BCUT2D eigenvalue weighted by Gasteiger charge is -2.23. The number of carbonyl (C=O) groups excluding carboxylic acids is 1. The Bertz CT molecular complexity index is 490. The van der Waals surface area contributed by atoms with Gasteiger partial charge in [0.25, 0.3) is 0 Å². The molecule has 3 nitrogen and oxygen atoms in total. The Morgan fingerprint density at radius 3 is 2.30 bits per heavy atom. The predicted molar refractivity (Wildman–Crippen MR) is 77.6 cm³/mol. The molecule has 0 unspecified atom stereocenters. The summed E-state index contributed by atoms with van der Waals surface area (Å²) in [4.78, 5) is 14.8. The van der Waals surface area contributed by atoms with Gasteiger partial charge in [-0.3, -0.25) is 0 Å². The largest absolute Gasteiger partial charge is 0.490 e. The highest BCUT2D eigenvalue weighted by molar-refractivity contribution is 5.40. The van der Waals surface area contributed by atoms with E-state index in [1.54, 1.807) is 6.08 Å². The van der Waals surface area contributed by atoms with E-state index >= 15 is 0 Å². The first-order valence-electron chi connectivity index (χ1n) is 7.69. The standard InChI is InChI=1S/C17H21NO2/c19-13-18-17(11-3-4-12-17)14-7-9-16(10-8-14)20-15-5-1-2-6-15/h7-10,15H,1-6,11-12H2. The average Bonchev–Trinajstić information content (AvgIpc) is 3.12. The lowest BCUT2D eigenvalue weighted by molar-refractivity contribution is 0.210. The van der Waals surface area contributed by atoms with Crippen LogP contribution in [0.3, 0.4) is 0 Å². The van der Waals surface area contributed by atoms with Crippen molar-refractivity contribution >= 4 is 6.08 Å². The SMILES string of the molecule is O=C=NC1(c2ccc(OC3CCCC3)cc2)CCCC1. The van der Waals surface area contributed by atoms with Crippen molar-refractivity contribution in [1.82, 2.24) is 0 Å².